The fraction of sp³-hybridized carbons (Fsp3) is 0.909. The molecule has 1 saturated heterocycles. The van der Waals surface area contributed by atoms with Crippen LogP contribution < -0.4 is 5.73 Å². The quantitative estimate of drug-likeness (QED) is 0.623. The maximum absolute atomic E-state index is 10.8. The summed E-state index contributed by atoms with van der Waals surface area (Å²) in [7, 11) is 0. The highest BCUT2D eigenvalue weighted by atomic mass is 16.3. The van der Waals surface area contributed by atoms with E-state index < -0.39 is 0 Å². The molecule has 0 spiro atoms. The summed E-state index contributed by atoms with van der Waals surface area (Å²) in [5, 5.41) is 9.82. The summed E-state index contributed by atoms with van der Waals surface area (Å²) in [6.45, 7) is 4.75. The van der Waals surface area contributed by atoms with E-state index in [1.165, 1.54) is 12.8 Å². The lowest BCUT2D eigenvalue weighted by Crippen LogP contribution is -2.50. The van der Waals surface area contributed by atoms with Gasteiger partial charge in [-0.3, -0.25) is 14.6 Å². The third-order valence-corrected chi connectivity index (χ3v) is 3.46. The van der Waals surface area contributed by atoms with Gasteiger partial charge in [0, 0.05) is 32.7 Å². The van der Waals surface area contributed by atoms with Crippen molar-refractivity contribution >= 4 is 5.91 Å². The van der Waals surface area contributed by atoms with Crippen molar-refractivity contribution in [3.63, 3.8) is 0 Å². The van der Waals surface area contributed by atoms with Gasteiger partial charge in [0.05, 0.1) is 12.6 Å². The number of aliphatic hydroxyl groups excluding tert-OH is 1. The lowest BCUT2D eigenvalue weighted by Gasteiger charge is -2.35. The molecule has 1 atom stereocenters. The van der Waals surface area contributed by atoms with E-state index in [9.17, 15) is 9.90 Å². The summed E-state index contributed by atoms with van der Waals surface area (Å²) in [4.78, 5) is 15.1. The van der Waals surface area contributed by atoms with Gasteiger partial charge in [0.1, 0.15) is 0 Å². The third-order valence-electron chi connectivity index (χ3n) is 3.46. The minimum Gasteiger partial charge on any atom is -0.392 e. The lowest BCUT2D eigenvalue weighted by atomic mass is 10.2. The van der Waals surface area contributed by atoms with Crippen LogP contribution >= 0.6 is 0 Å². The van der Waals surface area contributed by atoms with Gasteiger partial charge < -0.3 is 10.8 Å². The van der Waals surface area contributed by atoms with E-state index in [2.05, 4.69) is 9.80 Å². The summed E-state index contributed by atoms with van der Waals surface area (Å²) in [5.74, 6) is 0.287. The molecule has 0 aromatic rings. The molecule has 1 aliphatic heterocycles. The average molecular weight is 227 g/mol. The van der Waals surface area contributed by atoms with Crippen molar-refractivity contribution in [2.24, 2.45) is 11.7 Å². The van der Waals surface area contributed by atoms with Crippen LogP contribution in [0.1, 0.15) is 12.8 Å². The molecule has 5 heteroatoms. The van der Waals surface area contributed by atoms with Crippen LogP contribution in [-0.4, -0.2) is 66.2 Å². The molecule has 0 aromatic carbocycles. The van der Waals surface area contributed by atoms with E-state index in [1.54, 1.807) is 0 Å². The second-order valence-electron chi connectivity index (χ2n) is 4.95. The minimum atomic E-state index is -0.258. The number of rotatable bonds is 5. The van der Waals surface area contributed by atoms with Gasteiger partial charge in [-0.15, -0.1) is 0 Å². The van der Waals surface area contributed by atoms with Crippen molar-refractivity contribution in [2.75, 3.05) is 39.3 Å². The fourth-order valence-electron chi connectivity index (χ4n) is 2.24. The Balaban J connectivity index is 1.66. The molecular formula is C11H21N3O2. The summed E-state index contributed by atoms with van der Waals surface area (Å²) in [6.07, 6.45) is 2.22. The Labute approximate surface area is 96.2 Å². The molecule has 2 fully saturated rings. The predicted molar refractivity (Wildman–Crippen MR) is 60.8 cm³/mol. The van der Waals surface area contributed by atoms with Crippen molar-refractivity contribution in [1.82, 2.24) is 9.80 Å². The maximum Gasteiger partial charge on any atom is 0.231 e. The Morgan fingerprint density at radius 1 is 1.25 bits per heavy atom. The zero-order valence-electron chi connectivity index (χ0n) is 9.64. The molecule has 2 rings (SSSR count). The Morgan fingerprint density at radius 3 is 2.31 bits per heavy atom. The average Bonchev–Trinajstić information content (AvgIpc) is 3.03. The summed E-state index contributed by atoms with van der Waals surface area (Å²) in [5.41, 5.74) is 5.15. The zero-order valence-corrected chi connectivity index (χ0v) is 9.64. The highest BCUT2D eigenvalue weighted by Crippen LogP contribution is 2.32. The molecule has 2 aliphatic rings. The Morgan fingerprint density at radius 2 is 1.81 bits per heavy atom. The molecule has 1 amide bonds. The molecule has 0 unspecified atom stereocenters. The number of nitrogens with two attached hydrogens (primary N) is 1. The van der Waals surface area contributed by atoms with Crippen LogP contribution in [0.4, 0.5) is 0 Å². The van der Waals surface area contributed by atoms with E-state index in [0.717, 1.165) is 32.7 Å². The first kappa shape index (κ1) is 11.8. The second kappa shape index (κ2) is 5.12. The van der Waals surface area contributed by atoms with E-state index in [-0.39, 0.29) is 12.0 Å². The molecule has 0 aromatic heterocycles. The number of aliphatic hydroxyl groups is 1. The van der Waals surface area contributed by atoms with Gasteiger partial charge in [-0.25, -0.2) is 0 Å². The molecule has 1 aliphatic carbocycles. The smallest absolute Gasteiger partial charge is 0.231 e. The van der Waals surface area contributed by atoms with Crippen LogP contribution in [0, 0.1) is 5.92 Å². The number of piperazine rings is 1. The summed E-state index contributed by atoms with van der Waals surface area (Å²) >= 11 is 0. The Hall–Kier alpha value is -0.650. The third kappa shape index (κ3) is 3.43. The SMILES string of the molecule is NC(=O)CN1CCN(C[C@@H](O)C2CC2)CC1. The predicted octanol–water partition coefficient (Wildman–Crippen LogP) is -1.14. The number of primary amides is 1. The number of carbonyl (C=O) groups excluding carboxylic acids is 1. The topological polar surface area (TPSA) is 69.8 Å². The largest absolute Gasteiger partial charge is 0.392 e. The van der Waals surface area contributed by atoms with Crippen LogP contribution in [0.25, 0.3) is 0 Å². The van der Waals surface area contributed by atoms with Gasteiger partial charge in [-0.05, 0) is 18.8 Å². The zero-order chi connectivity index (χ0) is 11.5. The molecule has 1 heterocycles. The van der Waals surface area contributed by atoms with Gasteiger partial charge in [0.15, 0.2) is 0 Å². The molecule has 0 bridgehead atoms. The van der Waals surface area contributed by atoms with Gasteiger partial charge in [-0.2, -0.15) is 0 Å². The molecule has 1 saturated carbocycles. The van der Waals surface area contributed by atoms with Gasteiger partial charge in [0.25, 0.3) is 0 Å². The maximum atomic E-state index is 10.8. The monoisotopic (exact) mass is 227 g/mol. The number of carbonyl (C=O) groups is 1. The van der Waals surface area contributed by atoms with Gasteiger partial charge in [0.2, 0.25) is 5.91 Å². The number of amides is 1. The molecule has 5 nitrogen and oxygen atoms in total. The van der Waals surface area contributed by atoms with E-state index >= 15 is 0 Å². The van der Waals surface area contributed by atoms with Crippen molar-refractivity contribution < 1.29 is 9.90 Å². The summed E-state index contributed by atoms with van der Waals surface area (Å²) in [6, 6.07) is 0. The molecule has 3 N–H and O–H groups in total. The minimum absolute atomic E-state index is 0.150. The standard InChI is InChI=1S/C11H21N3O2/c12-11(16)8-14-5-3-13(4-6-14)7-10(15)9-1-2-9/h9-10,15H,1-8H2,(H2,12,16)/t10-/m1/s1. The van der Waals surface area contributed by atoms with E-state index in [1.807, 2.05) is 0 Å². The number of hydrogen-bond donors (Lipinski definition) is 2. The highest BCUT2D eigenvalue weighted by molar-refractivity contribution is 5.75. The molecule has 0 radical (unpaired) electrons. The highest BCUT2D eigenvalue weighted by Gasteiger charge is 2.31. The Bertz CT molecular complexity index is 248. The first-order valence-corrected chi connectivity index (χ1v) is 6.06. The van der Waals surface area contributed by atoms with Crippen molar-refractivity contribution in [2.45, 2.75) is 18.9 Å². The van der Waals surface area contributed by atoms with Crippen LogP contribution in [0.15, 0.2) is 0 Å². The van der Waals surface area contributed by atoms with Crippen molar-refractivity contribution in [1.29, 1.82) is 0 Å². The van der Waals surface area contributed by atoms with Crippen LogP contribution in [0.3, 0.4) is 0 Å². The van der Waals surface area contributed by atoms with Crippen LogP contribution in [-0.2, 0) is 4.79 Å². The molecule has 92 valence electrons. The van der Waals surface area contributed by atoms with E-state index in [0.29, 0.717) is 12.5 Å². The van der Waals surface area contributed by atoms with E-state index in [4.69, 9.17) is 5.73 Å². The number of hydrogen-bond acceptors (Lipinski definition) is 4. The number of β-amino-alcohol motifs (C(OH)–C–C–N with tert-alkyl or cyclic N) is 1. The van der Waals surface area contributed by atoms with Crippen molar-refractivity contribution in [3.05, 3.63) is 0 Å². The Kier molecular flexibility index (Phi) is 3.78. The first-order valence-electron chi connectivity index (χ1n) is 6.06. The van der Waals surface area contributed by atoms with Gasteiger partial charge >= 0.3 is 0 Å². The van der Waals surface area contributed by atoms with Crippen LogP contribution in [0.2, 0.25) is 0 Å². The second-order valence-corrected chi connectivity index (χ2v) is 4.95. The molecule has 16 heavy (non-hydrogen) atoms. The summed E-state index contributed by atoms with van der Waals surface area (Å²) < 4.78 is 0. The molecular weight excluding hydrogens is 206 g/mol. The lowest BCUT2D eigenvalue weighted by molar-refractivity contribution is -0.119. The first-order chi connectivity index (χ1) is 7.65. The normalized spacial score (nSPS) is 25.6. The van der Waals surface area contributed by atoms with Crippen molar-refractivity contribution in [3.8, 4) is 0 Å². The van der Waals surface area contributed by atoms with Crippen LogP contribution in [0.5, 0.6) is 0 Å². The van der Waals surface area contributed by atoms with Gasteiger partial charge in [-0.1, -0.05) is 0 Å². The number of nitrogens with zero attached hydrogens (tertiary/aromatic N) is 2. The fourth-order valence-corrected chi connectivity index (χ4v) is 2.24.